The van der Waals surface area contributed by atoms with Crippen molar-refractivity contribution >= 4 is 5.91 Å². The number of H-pyrrole nitrogens is 1. The Morgan fingerprint density at radius 1 is 1.24 bits per heavy atom. The van der Waals surface area contributed by atoms with Crippen LogP contribution in [-0.2, 0) is 0 Å². The van der Waals surface area contributed by atoms with Crippen molar-refractivity contribution in [2.75, 3.05) is 19.6 Å². The summed E-state index contributed by atoms with van der Waals surface area (Å²) in [5, 5.41) is 7.71. The van der Waals surface area contributed by atoms with Crippen molar-refractivity contribution < 1.29 is 4.79 Å². The minimum absolute atomic E-state index is 0.0601. The molecular weight excluding hydrogens is 316 g/mol. The maximum Gasteiger partial charge on any atom is 0.289 e. The first-order valence-electron chi connectivity index (χ1n) is 8.39. The summed E-state index contributed by atoms with van der Waals surface area (Å²) < 4.78 is 1.80. The summed E-state index contributed by atoms with van der Waals surface area (Å²) in [6, 6.07) is 10.2. The minimum atomic E-state index is -0.0601. The number of benzene rings is 1. The van der Waals surface area contributed by atoms with Gasteiger partial charge in [-0.25, -0.2) is 9.67 Å². The highest BCUT2D eigenvalue weighted by Crippen LogP contribution is 2.19. The molecule has 7 heteroatoms. The van der Waals surface area contributed by atoms with Gasteiger partial charge in [-0.3, -0.25) is 4.79 Å². The monoisotopic (exact) mass is 336 g/mol. The second-order valence-corrected chi connectivity index (χ2v) is 6.26. The first-order chi connectivity index (χ1) is 12.2. The van der Waals surface area contributed by atoms with Gasteiger partial charge in [-0.2, -0.15) is 5.10 Å². The van der Waals surface area contributed by atoms with E-state index in [9.17, 15) is 4.79 Å². The van der Waals surface area contributed by atoms with Crippen LogP contribution in [0.15, 0.2) is 48.9 Å². The molecule has 128 valence electrons. The van der Waals surface area contributed by atoms with Gasteiger partial charge in [0.2, 0.25) is 0 Å². The first-order valence-corrected chi connectivity index (χ1v) is 8.39. The highest BCUT2D eigenvalue weighted by molar-refractivity contribution is 5.91. The van der Waals surface area contributed by atoms with Gasteiger partial charge in [0, 0.05) is 37.4 Å². The molecule has 1 aliphatic heterocycles. The molecule has 25 heavy (non-hydrogen) atoms. The Hall–Kier alpha value is -2.93. The summed E-state index contributed by atoms with van der Waals surface area (Å²) in [6.45, 7) is 4.28. The molecule has 0 radical (unpaired) electrons. The summed E-state index contributed by atoms with van der Waals surface area (Å²) in [7, 11) is 0. The fraction of sp³-hybridized carbons (Fsp3) is 0.278. The Morgan fingerprint density at radius 3 is 2.88 bits per heavy atom. The summed E-state index contributed by atoms with van der Waals surface area (Å²) >= 11 is 0. The predicted octanol–water partition coefficient (Wildman–Crippen LogP) is 1.70. The number of piperazine rings is 1. The largest absolute Gasteiger partial charge is 0.334 e. The normalized spacial score (nSPS) is 17.6. The number of amides is 1. The molecule has 1 fully saturated rings. The molecule has 7 nitrogen and oxygen atoms in total. The fourth-order valence-electron chi connectivity index (χ4n) is 3.03. The summed E-state index contributed by atoms with van der Waals surface area (Å²) in [4.78, 5) is 21.8. The number of imidazole rings is 1. The van der Waals surface area contributed by atoms with E-state index in [0.29, 0.717) is 25.0 Å². The molecule has 1 aliphatic rings. The van der Waals surface area contributed by atoms with E-state index in [4.69, 9.17) is 0 Å². The number of para-hydroxylation sites is 1. The second kappa shape index (κ2) is 6.52. The zero-order valence-corrected chi connectivity index (χ0v) is 14.0. The Kier molecular flexibility index (Phi) is 4.07. The molecule has 0 bridgehead atoms. The van der Waals surface area contributed by atoms with Crippen LogP contribution < -0.4 is 5.32 Å². The molecule has 0 unspecified atom stereocenters. The van der Waals surface area contributed by atoms with Gasteiger partial charge >= 0.3 is 0 Å². The number of carbonyl (C=O) groups is 1. The van der Waals surface area contributed by atoms with Gasteiger partial charge in [-0.05, 0) is 19.1 Å². The van der Waals surface area contributed by atoms with Crippen molar-refractivity contribution in [3.8, 4) is 16.9 Å². The minimum Gasteiger partial charge on any atom is -0.334 e. The summed E-state index contributed by atoms with van der Waals surface area (Å²) in [6.07, 6.45) is 5.37. The third kappa shape index (κ3) is 3.18. The number of nitrogens with one attached hydrogen (secondary N) is 2. The predicted molar refractivity (Wildman–Crippen MR) is 94.5 cm³/mol. The standard InChI is InChI=1S/C18H20N6O/c1-13-11-23(8-7-19-13)18(25)17-20-10-16(22-17)14-9-21-24(12-14)15-5-3-2-4-6-15/h2-6,9-10,12-13,19H,7-8,11H2,1H3,(H,20,22)/t13-/m0/s1. The lowest BCUT2D eigenvalue weighted by Crippen LogP contribution is -2.51. The lowest BCUT2D eigenvalue weighted by molar-refractivity contribution is 0.0698. The van der Waals surface area contributed by atoms with Crippen LogP contribution in [0.5, 0.6) is 0 Å². The SMILES string of the molecule is C[C@H]1CN(C(=O)c2ncc(-c3cnn(-c4ccccc4)c3)[nH]2)CCN1. The number of rotatable bonds is 3. The fourth-order valence-corrected chi connectivity index (χ4v) is 3.03. The van der Waals surface area contributed by atoms with E-state index in [1.165, 1.54) is 0 Å². The molecule has 1 atom stereocenters. The van der Waals surface area contributed by atoms with Crippen molar-refractivity contribution in [1.82, 2.24) is 30.0 Å². The lowest BCUT2D eigenvalue weighted by Gasteiger charge is -2.31. The number of hydrogen-bond acceptors (Lipinski definition) is 4. The zero-order valence-electron chi connectivity index (χ0n) is 14.0. The van der Waals surface area contributed by atoms with Gasteiger partial charge < -0.3 is 15.2 Å². The number of aromatic nitrogens is 4. The maximum atomic E-state index is 12.6. The summed E-state index contributed by atoms with van der Waals surface area (Å²) in [5.74, 6) is 0.312. The van der Waals surface area contributed by atoms with E-state index in [2.05, 4.69) is 27.3 Å². The van der Waals surface area contributed by atoms with Crippen LogP contribution in [-0.4, -0.2) is 56.2 Å². The van der Waals surface area contributed by atoms with Crippen molar-refractivity contribution in [3.63, 3.8) is 0 Å². The third-order valence-electron chi connectivity index (χ3n) is 4.35. The van der Waals surface area contributed by atoms with Gasteiger partial charge in [0.1, 0.15) is 0 Å². The van der Waals surface area contributed by atoms with Gasteiger partial charge in [0.05, 0.1) is 23.8 Å². The van der Waals surface area contributed by atoms with Crippen LogP contribution in [0.1, 0.15) is 17.5 Å². The molecule has 1 aromatic carbocycles. The van der Waals surface area contributed by atoms with Crippen molar-refractivity contribution in [2.45, 2.75) is 13.0 Å². The van der Waals surface area contributed by atoms with E-state index in [-0.39, 0.29) is 5.91 Å². The second-order valence-electron chi connectivity index (χ2n) is 6.26. The van der Waals surface area contributed by atoms with Gasteiger partial charge in [-0.15, -0.1) is 0 Å². The smallest absolute Gasteiger partial charge is 0.289 e. The number of nitrogens with zero attached hydrogens (tertiary/aromatic N) is 4. The Labute approximate surface area is 145 Å². The zero-order chi connectivity index (χ0) is 17.2. The molecule has 3 heterocycles. The van der Waals surface area contributed by atoms with E-state index in [0.717, 1.165) is 23.5 Å². The average Bonchev–Trinajstić information content (AvgIpc) is 3.31. The van der Waals surface area contributed by atoms with Gasteiger partial charge in [-0.1, -0.05) is 18.2 Å². The van der Waals surface area contributed by atoms with E-state index >= 15 is 0 Å². The molecule has 1 saturated heterocycles. The molecule has 2 N–H and O–H groups in total. The molecule has 4 rings (SSSR count). The molecular formula is C18H20N6O. The van der Waals surface area contributed by atoms with Crippen molar-refractivity contribution in [3.05, 3.63) is 54.7 Å². The highest BCUT2D eigenvalue weighted by atomic mass is 16.2. The van der Waals surface area contributed by atoms with Crippen LogP contribution in [0.25, 0.3) is 16.9 Å². The Morgan fingerprint density at radius 2 is 2.08 bits per heavy atom. The topological polar surface area (TPSA) is 78.8 Å². The highest BCUT2D eigenvalue weighted by Gasteiger charge is 2.23. The molecule has 2 aromatic heterocycles. The quantitative estimate of drug-likeness (QED) is 0.763. The number of carbonyl (C=O) groups excluding carboxylic acids is 1. The molecule has 3 aromatic rings. The third-order valence-corrected chi connectivity index (χ3v) is 4.35. The van der Waals surface area contributed by atoms with Crippen LogP contribution in [0.4, 0.5) is 0 Å². The lowest BCUT2D eigenvalue weighted by atomic mass is 10.2. The Balaban J connectivity index is 1.53. The molecule has 0 aliphatic carbocycles. The maximum absolute atomic E-state index is 12.6. The van der Waals surface area contributed by atoms with Crippen LogP contribution >= 0.6 is 0 Å². The number of hydrogen-bond donors (Lipinski definition) is 2. The van der Waals surface area contributed by atoms with Gasteiger partial charge in [0.15, 0.2) is 5.82 Å². The van der Waals surface area contributed by atoms with E-state index in [1.54, 1.807) is 17.1 Å². The van der Waals surface area contributed by atoms with Crippen molar-refractivity contribution in [1.29, 1.82) is 0 Å². The molecule has 0 saturated carbocycles. The number of aromatic amines is 1. The average molecular weight is 336 g/mol. The van der Waals surface area contributed by atoms with Crippen LogP contribution in [0.3, 0.4) is 0 Å². The molecule has 1 amide bonds. The first kappa shape index (κ1) is 15.6. The van der Waals surface area contributed by atoms with Gasteiger partial charge in [0.25, 0.3) is 5.91 Å². The van der Waals surface area contributed by atoms with Crippen molar-refractivity contribution in [2.24, 2.45) is 0 Å². The summed E-state index contributed by atoms with van der Waals surface area (Å²) in [5.41, 5.74) is 2.66. The van der Waals surface area contributed by atoms with Crippen LogP contribution in [0.2, 0.25) is 0 Å². The van der Waals surface area contributed by atoms with E-state index in [1.807, 2.05) is 41.4 Å². The Bertz CT molecular complexity index is 869. The van der Waals surface area contributed by atoms with Crippen LogP contribution in [0, 0.1) is 0 Å². The van der Waals surface area contributed by atoms with E-state index < -0.39 is 0 Å². The molecule has 0 spiro atoms.